The molecule has 0 N–H and O–H groups in total. The summed E-state index contributed by atoms with van der Waals surface area (Å²) in [5, 5.41) is 0. The molecule has 0 aromatic heterocycles. The van der Waals surface area contributed by atoms with Crippen molar-refractivity contribution in [2.75, 3.05) is 7.11 Å². The van der Waals surface area contributed by atoms with E-state index in [1.54, 1.807) is 13.2 Å². The van der Waals surface area contributed by atoms with Crippen LogP contribution >= 0.6 is 0 Å². The van der Waals surface area contributed by atoms with Crippen LogP contribution in [0.2, 0.25) is 0 Å². The molecule has 0 spiro atoms. The number of nitrogens with zero attached hydrogens (tertiary/aromatic N) is 1. The predicted molar refractivity (Wildman–Crippen MR) is 76.7 cm³/mol. The molecule has 2 nitrogen and oxygen atoms in total. The molecule has 1 aromatic rings. The van der Waals surface area contributed by atoms with Gasteiger partial charge in [-0.3, -0.25) is 0 Å². The predicted octanol–water partition coefficient (Wildman–Crippen LogP) is 4.56. The largest absolute Gasteiger partial charge is 0.494 e. The highest BCUT2D eigenvalue weighted by Crippen LogP contribution is 2.31. The molecular formula is C15H23NO. The molecule has 0 aliphatic carbocycles. The summed E-state index contributed by atoms with van der Waals surface area (Å²) in [5.74, 6) is 0.815. The zero-order valence-electron chi connectivity index (χ0n) is 11.6. The number of aryl methyl sites for hydroxylation is 1. The van der Waals surface area contributed by atoms with Crippen molar-refractivity contribution < 1.29 is 4.74 Å². The second kappa shape index (κ2) is 8.57. The molecule has 0 aliphatic rings. The van der Waals surface area contributed by atoms with Crippen molar-refractivity contribution in [3.63, 3.8) is 0 Å². The number of aliphatic imine (C=N–C) groups is 1. The quantitative estimate of drug-likeness (QED) is 0.698. The summed E-state index contributed by atoms with van der Waals surface area (Å²) < 4.78 is 5.29. The summed E-state index contributed by atoms with van der Waals surface area (Å²) in [6, 6.07) is 5.98. The van der Waals surface area contributed by atoms with Crippen molar-refractivity contribution in [2.45, 2.75) is 34.1 Å². The summed E-state index contributed by atoms with van der Waals surface area (Å²) in [5.41, 5.74) is 3.00. The van der Waals surface area contributed by atoms with Crippen LogP contribution in [0.3, 0.4) is 0 Å². The maximum absolute atomic E-state index is 5.29. The summed E-state index contributed by atoms with van der Waals surface area (Å²) in [6.07, 6.45) is 2.69. The fourth-order valence-electron chi connectivity index (χ4n) is 1.37. The Bertz CT molecular complexity index is 358. The maximum atomic E-state index is 5.29. The van der Waals surface area contributed by atoms with Gasteiger partial charge in [-0.25, -0.2) is 4.99 Å². The van der Waals surface area contributed by atoms with Gasteiger partial charge in [-0.1, -0.05) is 39.5 Å². The number of rotatable bonds is 4. The zero-order chi connectivity index (χ0) is 13.3. The number of methoxy groups -OCH3 is 1. The fraction of sp³-hybridized carbons (Fsp3) is 0.400. The van der Waals surface area contributed by atoms with Crippen LogP contribution in [-0.4, -0.2) is 12.8 Å². The van der Waals surface area contributed by atoms with Gasteiger partial charge in [-0.05, 0) is 31.1 Å². The molecule has 1 rings (SSSR count). The highest BCUT2D eigenvalue weighted by molar-refractivity contribution is 5.94. The van der Waals surface area contributed by atoms with E-state index in [1.807, 2.05) is 32.9 Å². The third-order valence-corrected chi connectivity index (χ3v) is 2.27. The lowest BCUT2D eigenvalue weighted by Gasteiger charge is -2.09. The monoisotopic (exact) mass is 233 g/mol. The molecule has 0 atom stereocenters. The van der Waals surface area contributed by atoms with Gasteiger partial charge in [0.25, 0.3) is 0 Å². The first-order valence-corrected chi connectivity index (χ1v) is 6.06. The average Bonchev–Trinajstić information content (AvgIpc) is 2.41. The van der Waals surface area contributed by atoms with E-state index in [-0.39, 0.29) is 0 Å². The molecule has 1 aromatic carbocycles. The van der Waals surface area contributed by atoms with Crippen LogP contribution in [0, 0.1) is 0 Å². The van der Waals surface area contributed by atoms with E-state index in [1.165, 1.54) is 5.56 Å². The maximum Gasteiger partial charge on any atom is 0.144 e. The highest BCUT2D eigenvalue weighted by Gasteiger charge is 2.06. The van der Waals surface area contributed by atoms with Gasteiger partial charge < -0.3 is 4.74 Å². The van der Waals surface area contributed by atoms with Crippen LogP contribution < -0.4 is 4.74 Å². The smallest absolute Gasteiger partial charge is 0.144 e. The zero-order valence-corrected chi connectivity index (χ0v) is 11.6. The third-order valence-electron chi connectivity index (χ3n) is 2.27. The van der Waals surface area contributed by atoms with Gasteiger partial charge in [0.05, 0.1) is 7.11 Å². The van der Waals surface area contributed by atoms with Crippen molar-refractivity contribution in [3.8, 4) is 5.75 Å². The minimum atomic E-state index is 0.815. The normalized spacial score (nSPS) is 10.3. The van der Waals surface area contributed by atoms with E-state index in [0.717, 1.165) is 23.6 Å². The summed E-state index contributed by atoms with van der Waals surface area (Å²) in [4.78, 5) is 4.49. The number of ether oxygens (including phenoxy) is 1. The molecule has 0 saturated heterocycles. The van der Waals surface area contributed by atoms with Crippen molar-refractivity contribution >= 4 is 11.4 Å². The molecular weight excluding hydrogens is 210 g/mol. The van der Waals surface area contributed by atoms with Crippen molar-refractivity contribution in [1.82, 2.24) is 0 Å². The first-order valence-electron chi connectivity index (χ1n) is 6.06. The van der Waals surface area contributed by atoms with Crippen molar-refractivity contribution in [1.29, 1.82) is 0 Å². The highest BCUT2D eigenvalue weighted by atomic mass is 16.5. The van der Waals surface area contributed by atoms with Crippen LogP contribution in [0.5, 0.6) is 5.75 Å². The van der Waals surface area contributed by atoms with E-state index in [2.05, 4.69) is 24.6 Å². The van der Waals surface area contributed by atoms with Crippen LogP contribution in [0.4, 0.5) is 5.69 Å². The molecule has 0 radical (unpaired) electrons. The lowest BCUT2D eigenvalue weighted by atomic mass is 10.1. The van der Waals surface area contributed by atoms with Crippen LogP contribution in [-0.2, 0) is 6.42 Å². The molecule has 0 saturated carbocycles. The Morgan fingerprint density at radius 1 is 1.41 bits per heavy atom. The van der Waals surface area contributed by atoms with Gasteiger partial charge in [-0.2, -0.15) is 0 Å². The number of benzene rings is 1. The van der Waals surface area contributed by atoms with Crippen LogP contribution in [0.25, 0.3) is 0 Å². The van der Waals surface area contributed by atoms with Gasteiger partial charge in [0.1, 0.15) is 11.4 Å². The number of hydrogen-bond donors (Lipinski definition) is 0. The van der Waals surface area contributed by atoms with Crippen molar-refractivity contribution in [2.24, 2.45) is 4.99 Å². The Labute approximate surface area is 105 Å². The van der Waals surface area contributed by atoms with Crippen molar-refractivity contribution in [3.05, 3.63) is 36.4 Å². The molecule has 0 heterocycles. The number of hydrogen-bond acceptors (Lipinski definition) is 2. The molecule has 0 fully saturated rings. The molecule has 0 unspecified atom stereocenters. The fourth-order valence-corrected chi connectivity index (χ4v) is 1.37. The Balaban J connectivity index is 0.00000121. The third kappa shape index (κ3) is 4.43. The van der Waals surface area contributed by atoms with Crippen LogP contribution in [0.1, 0.15) is 33.3 Å². The SMILES string of the molecule is C=CC(C)=Nc1c(CC)cccc1OC.CC. The second-order valence-corrected chi connectivity index (χ2v) is 3.28. The minimum Gasteiger partial charge on any atom is -0.494 e. The molecule has 17 heavy (non-hydrogen) atoms. The Kier molecular flexibility index (Phi) is 7.78. The molecule has 0 bridgehead atoms. The molecule has 0 aliphatic heterocycles. The molecule has 94 valence electrons. The molecule has 0 amide bonds. The Hall–Kier alpha value is -1.57. The first kappa shape index (κ1) is 15.4. The topological polar surface area (TPSA) is 21.6 Å². The van der Waals surface area contributed by atoms with Gasteiger partial charge in [0, 0.05) is 5.71 Å². The van der Waals surface area contributed by atoms with E-state index in [9.17, 15) is 0 Å². The lowest BCUT2D eigenvalue weighted by molar-refractivity contribution is 0.416. The summed E-state index contributed by atoms with van der Waals surface area (Å²) >= 11 is 0. The standard InChI is InChI=1S/C13H17NO.C2H6/c1-5-10(3)14-13-11(6-2)8-7-9-12(13)15-4;1-2/h5,7-9H,1,6H2,2-4H3;1-2H3. The number of allylic oxidation sites excluding steroid dienone is 1. The van der Waals surface area contributed by atoms with E-state index in [0.29, 0.717) is 0 Å². The number of para-hydroxylation sites is 1. The van der Waals surface area contributed by atoms with Gasteiger partial charge in [0.15, 0.2) is 0 Å². The minimum absolute atomic E-state index is 0.815. The Morgan fingerprint density at radius 2 is 2.06 bits per heavy atom. The summed E-state index contributed by atoms with van der Waals surface area (Å²) in [7, 11) is 1.66. The van der Waals surface area contributed by atoms with Gasteiger partial charge >= 0.3 is 0 Å². The molecule has 2 heteroatoms. The van der Waals surface area contributed by atoms with Crippen LogP contribution in [0.15, 0.2) is 35.8 Å². The Morgan fingerprint density at radius 3 is 2.53 bits per heavy atom. The lowest BCUT2D eigenvalue weighted by Crippen LogP contribution is -1.90. The van der Waals surface area contributed by atoms with E-state index >= 15 is 0 Å². The average molecular weight is 233 g/mol. The van der Waals surface area contributed by atoms with Gasteiger partial charge in [0.2, 0.25) is 0 Å². The van der Waals surface area contributed by atoms with Gasteiger partial charge in [-0.15, -0.1) is 0 Å². The van der Waals surface area contributed by atoms with E-state index in [4.69, 9.17) is 4.74 Å². The first-order chi connectivity index (χ1) is 8.22. The summed E-state index contributed by atoms with van der Waals surface area (Å²) in [6.45, 7) is 11.7. The second-order valence-electron chi connectivity index (χ2n) is 3.28. The van der Waals surface area contributed by atoms with E-state index < -0.39 is 0 Å².